The Morgan fingerprint density at radius 3 is 2.43 bits per heavy atom. The smallest absolute Gasteiger partial charge is 0.238 e. The van der Waals surface area contributed by atoms with Crippen molar-refractivity contribution >= 4 is 15.9 Å². The van der Waals surface area contributed by atoms with Crippen LogP contribution in [-0.2, 0) is 14.8 Å². The maximum absolute atomic E-state index is 12.4. The second-order valence-corrected chi connectivity index (χ2v) is 7.90. The zero-order valence-corrected chi connectivity index (χ0v) is 14.1. The number of hydrogen-bond donors (Lipinski definition) is 2. The molecule has 124 valence electrons. The van der Waals surface area contributed by atoms with E-state index in [1.807, 2.05) is 13.8 Å². The summed E-state index contributed by atoms with van der Waals surface area (Å²) in [6, 6.07) is -0.612. The molecule has 0 aromatic carbocycles. The van der Waals surface area contributed by atoms with Crippen molar-refractivity contribution in [3.63, 3.8) is 0 Å². The molecule has 7 heteroatoms. The molecule has 1 heterocycles. The number of aliphatic hydroxyl groups is 1. The molecule has 1 atom stereocenters. The van der Waals surface area contributed by atoms with Crippen LogP contribution in [0.25, 0.3) is 0 Å². The van der Waals surface area contributed by atoms with Crippen LogP contribution in [-0.4, -0.2) is 55.7 Å². The van der Waals surface area contributed by atoms with Crippen LogP contribution in [0.3, 0.4) is 0 Å². The van der Waals surface area contributed by atoms with Gasteiger partial charge in [0.05, 0.1) is 12.9 Å². The van der Waals surface area contributed by atoms with Gasteiger partial charge in [-0.25, -0.2) is 8.42 Å². The van der Waals surface area contributed by atoms with Crippen LogP contribution in [0.2, 0.25) is 0 Å². The number of carbonyl (C=O) groups is 1. The molecular formula is C14H28N2O4S. The van der Waals surface area contributed by atoms with Gasteiger partial charge < -0.3 is 10.4 Å². The van der Waals surface area contributed by atoms with Gasteiger partial charge in [-0.3, -0.25) is 4.79 Å². The largest absolute Gasteiger partial charge is 0.396 e. The molecule has 6 nitrogen and oxygen atoms in total. The minimum absolute atomic E-state index is 0.0146. The summed E-state index contributed by atoms with van der Waals surface area (Å²) >= 11 is 0. The fourth-order valence-electron chi connectivity index (χ4n) is 2.74. The lowest BCUT2D eigenvalue weighted by molar-refractivity contribution is -0.126. The molecule has 2 N–H and O–H groups in total. The molecule has 1 unspecified atom stereocenters. The van der Waals surface area contributed by atoms with Gasteiger partial charge in [-0.15, -0.1) is 0 Å². The van der Waals surface area contributed by atoms with Crippen molar-refractivity contribution in [3.05, 3.63) is 0 Å². The predicted molar refractivity (Wildman–Crippen MR) is 82.3 cm³/mol. The summed E-state index contributed by atoms with van der Waals surface area (Å²) in [5.41, 5.74) is -0.319. The highest BCUT2D eigenvalue weighted by molar-refractivity contribution is 7.88. The Morgan fingerprint density at radius 1 is 1.33 bits per heavy atom. The zero-order chi connectivity index (χ0) is 16.1. The highest BCUT2D eigenvalue weighted by Crippen LogP contribution is 2.25. The fraction of sp³-hybridized carbons (Fsp3) is 0.929. The van der Waals surface area contributed by atoms with Gasteiger partial charge in [0.1, 0.15) is 6.04 Å². The van der Waals surface area contributed by atoms with Gasteiger partial charge in [-0.05, 0) is 25.7 Å². The number of hydrogen-bond acceptors (Lipinski definition) is 4. The van der Waals surface area contributed by atoms with E-state index in [-0.39, 0.29) is 17.9 Å². The molecule has 0 saturated carbocycles. The number of carbonyl (C=O) groups excluding carboxylic acids is 1. The van der Waals surface area contributed by atoms with Gasteiger partial charge >= 0.3 is 0 Å². The number of piperidine rings is 1. The Labute approximate surface area is 128 Å². The minimum atomic E-state index is -3.37. The molecule has 1 rings (SSSR count). The van der Waals surface area contributed by atoms with Crippen molar-refractivity contribution in [1.82, 2.24) is 9.62 Å². The minimum Gasteiger partial charge on any atom is -0.396 e. The molecule has 0 spiro atoms. The predicted octanol–water partition coefficient (Wildman–Crippen LogP) is 0.715. The molecule has 0 radical (unpaired) electrons. The topological polar surface area (TPSA) is 86.7 Å². The first-order chi connectivity index (χ1) is 9.79. The van der Waals surface area contributed by atoms with Crippen molar-refractivity contribution in [2.45, 2.75) is 52.0 Å². The third kappa shape index (κ3) is 4.66. The quantitative estimate of drug-likeness (QED) is 0.723. The lowest BCUT2D eigenvalue weighted by Gasteiger charge is -2.34. The van der Waals surface area contributed by atoms with E-state index in [0.29, 0.717) is 19.5 Å². The molecule has 1 aliphatic heterocycles. The number of sulfonamides is 1. The van der Waals surface area contributed by atoms with Gasteiger partial charge in [0.25, 0.3) is 0 Å². The molecule has 1 saturated heterocycles. The zero-order valence-electron chi connectivity index (χ0n) is 13.3. The van der Waals surface area contributed by atoms with Crippen LogP contribution < -0.4 is 5.32 Å². The lowest BCUT2D eigenvalue weighted by atomic mass is 9.83. The summed E-state index contributed by atoms with van der Waals surface area (Å²) in [7, 11) is -3.37. The van der Waals surface area contributed by atoms with E-state index < -0.39 is 16.1 Å². The van der Waals surface area contributed by atoms with E-state index in [1.165, 1.54) is 4.31 Å². The van der Waals surface area contributed by atoms with Crippen LogP contribution >= 0.6 is 0 Å². The van der Waals surface area contributed by atoms with Gasteiger partial charge in [0.15, 0.2) is 0 Å². The third-order valence-corrected chi connectivity index (χ3v) is 5.94. The fourth-order valence-corrected chi connectivity index (χ4v) is 3.86. The molecule has 21 heavy (non-hydrogen) atoms. The highest BCUT2D eigenvalue weighted by atomic mass is 32.2. The molecule has 1 aliphatic rings. The number of nitrogens with one attached hydrogen (secondary N) is 1. The van der Waals surface area contributed by atoms with Crippen molar-refractivity contribution in [2.24, 2.45) is 5.41 Å². The van der Waals surface area contributed by atoms with Gasteiger partial charge in [-0.1, -0.05) is 20.3 Å². The number of rotatable bonds is 7. The first kappa shape index (κ1) is 18.4. The molecule has 0 aliphatic carbocycles. The lowest BCUT2D eigenvalue weighted by Crippen LogP contribution is -2.53. The third-order valence-electron chi connectivity index (χ3n) is 4.66. The first-order valence-corrected chi connectivity index (χ1v) is 9.50. The summed E-state index contributed by atoms with van der Waals surface area (Å²) in [6.45, 7) is 4.76. The SMILES string of the molecule is CCC(CC)(CO)CNC(=O)C1CCCCN1S(C)(=O)=O. The summed E-state index contributed by atoms with van der Waals surface area (Å²) in [5.74, 6) is -0.250. The molecule has 0 bridgehead atoms. The van der Waals surface area contributed by atoms with E-state index in [1.54, 1.807) is 0 Å². The number of nitrogens with zero attached hydrogens (tertiary/aromatic N) is 1. The van der Waals surface area contributed by atoms with E-state index in [0.717, 1.165) is 31.9 Å². The van der Waals surface area contributed by atoms with Gasteiger partial charge in [0, 0.05) is 18.5 Å². The van der Waals surface area contributed by atoms with E-state index in [9.17, 15) is 18.3 Å². The monoisotopic (exact) mass is 320 g/mol. The first-order valence-electron chi connectivity index (χ1n) is 7.65. The van der Waals surface area contributed by atoms with Crippen LogP contribution in [0.1, 0.15) is 46.0 Å². The summed E-state index contributed by atoms with van der Waals surface area (Å²) in [4.78, 5) is 12.4. The van der Waals surface area contributed by atoms with E-state index in [2.05, 4.69) is 5.32 Å². The van der Waals surface area contributed by atoms with Crippen LogP contribution in [0.4, 0.5) is 0 Å². The van der Waals surface area contributed by atoms with Crippen molar-refractivity contribution in [1.29, 1.82) is 0 Å². The normalized spacial score (nSPS) is 21.2. The highest BCUT2D eigenvalue weighted by Gasteiger charge is 2.35. The second kappa shape index (κ2) is 7.56. The van der Waals surface area contributed by atoms with Crippen molar-refractivity contribution < 1.29 is 18.3 Å². The molecule has 0 aromatic rings. The summed E-state index contributed by atoms with van der Waals surface area (Å²) in [5, 5.41) is 12.4. The van der Waals surface area contributed by atoms with E-state index in [4.69, 9.17) is 0 Å². The van der Waals surface area contributed by atoms with E-state index >= 15 is 0 Å². The standard InChI is InChI=1S/C14H28N2O4S/c1-4-14(5-2,11-17)10-15-13(18)12-8-6-7-9-16(12)21(3,19)20/h12,17H,4-11H2,1-3H3,(H,15,18). The van der Waals surface area contributed by atoms with Crippen LogP contribution in [0.15, 0.2) is 0 Å². The molecule has 1 amide bonds. The summed E-state index contributed by atoms with van der Waals surface area (Å²) in [6.07, 6.45) is 4.89. The maximum atomic E-state index is 12.4. The van der Waals surface area contributed by atoms with Crippen LogP contribution in [0, 0.1) is 5.41 Å². The Kier molecular flexibility index (Phi) is 6.62. The molecule has 1 fully saturated rings. The number of amides is 1. The average molecular weight is 320 g/mol. The van der Waals surface area contributed by atoms with Crippen LogP contribution in [0.5, 0.6) is 0 Å². The Hall–Kier alpha value is -0.660. The Balaban J connectivity index is 2.73. The van der Waals surface area contributed by atoms with Crippen molar-refractivity contribution in [3.8, 4) is 0 Å². The summed E-state index contributed by atoms with van der Waals surface area (Å²) < 4.78 is 24.8. The number of aliphatic hydroxyl groups excluding tert-OH is 1. The maximum Gasteiger partial charge on any atom is 0.238 e. The second-order valence-electron chi connectivity index (χ2n) is 5.97. The van der Waals surface area contributed by atoms with Gasteiger partial charge in [0.2, 0.25) is 15.9 Å². The Morgan fingerprint density at radius 2 is 1.95 bits per heavy atom. The average Bonchev–Trinajstić information content (AvgIpc) is 2.48. The molecular weight excluding hydrogens is 292 g/mol. The molecule has 0 aromatic heterocycles. The van der Waals surface area contributed by atoms with Gasteiger partial charge in [-0.2, -0.15) is 4.31 Å². The van der Waals surface area contributed by atoms with Crippen molar-refractivity contribution in [2.75, 3.05) is 26.0 Å². The Bertz CT molecular complexity index is 438.